The molecular formula is C12H13NO4. The van der Waals surface area contributed by atoms with E-state index in [9.17, 15) is 14.9 Å². The second kappa shape index (κ2) is 6.42. The highest BCUT2D eigenvalue weighted by Crippen LogP contribution is 2.12. The molecule has 0 radical (unpaired) electrons. The Morgan fingerprint density at radius 2 is 2.12 bits per heavy atom. The summed E-state index contributed by atoms with van der Waals surface area (Å²) >= 11 is 0. The minimum absolute atomic E-state index is 0.0994. The number of allylic oxidation sites excluding steroid dienone is 1. The van der Waals surface area contributed by atoms with Gasteiger partial charge in [-0.05, 0) is 18.6 Å². The predicted molar refractivity (Wildman–Crippen MR) is 62.3 cm³/mol. The Labute approximate surface area is 98.9 Å². The van der Waals surface area contributed by atoms with Gasteiger partial charge in [0.15, 0.2) is 0 Å². The van der Waals surface area contributed by atoms with E-state index in [0.717, 1.165) is 0 Å². The van der Waals surface area contributed by atoms with Crippen LogP contribution in [0.5, 0.6) is 5.75 Å². The molecule has 0 aliphatic heterocycles. The SMILES string of the molecule is C=CCCC(C(=O)Oc1ccccc1)[N+](=O)[O-]. The highest BCUT2D eigenvalue weighted by Gasteiger charge is 2.30. The molecule has 0 amide bonds. The number of ether oxygens (including phenoxy) is 1. The molecule has 0 aliphatic rings. The van der Waals surface area contributed by atoms with E-state index in [0.29, 0.717) is 12.2 Å². The zero-order chi connectivity index (χ0) is 12.7. The average Bonchev–Trinajstić information content (AvgIpc) is 2.30. The third kappa shape index (κ3) is 4.06. The van der Waals surface area contributed by atoms with Gasteiger partial charge in [-0.1, -0.05) is 24.3 Å². The zero-order valence-corrected chi connectivity index (χ0v) is 9.24. The highest BCUT2D eigenvalue weighted by atomic mass is 16.6. The molecule has 0 bridgehead atoms. The van der Waals surface area contributed by atoms with Crippen molar-refractivity contribution in [1.82, 2.24) is 0 Å². The lowest BCUT2D eigenvalue weighted by molar-refractivity contribution is -0.510. The van der Waals surface area contributed by atoms with E-state index >= 15 is 0 Å². The normalized spacial score (nSPS) is 11.5. The third-order valence-electron chi connectivity index (χ3n) is 2.13. The Balaban J connectivity index is 2.65. The van der Waals surface area contributed by atoms with Gasteiger partial charge in [-0.15, -0.1) is 6.58 Å². The molecule has 0 fully saturated rings. The van der Waals surface area contributed by atoms with Crippen molar-refractivity contribution < 1.29 is 14.5 Å². The van der Waals surface area contributed by atoms with Crippen molar-refractivity contribution in [3.05, 3.63) is 53.1 Å². The van der Waals surface area contributed by atoms with Crippen molar-refractivity contribution in [2.75, 3.05) is 0 Å². The molecule has 1 aromatic carbocycles. The van der Waals surface area contributed by atoms with Crippen molar-refractivity contribution in [2.24, 2.45) is 0 Å². The molecule has 0 heterocycles. The summed E-state index contributed by atoms with van der Waals surface area (Å²) in [5, 5.41) is 10.7. The number of para-hydroxylation sites is 1. The third-order valence-corrected chi connectivity index (χ3v) is 2.13. The van der Waals surface area contributed by atoms with Crippen LogP contribution < -0.4 is 4.74 Å². The van der Waals surface area contributed by atoms with Gasteiger partial charge in [-0.25, -0.2) is 4.79 Å². The second-order valence-corrected chi connectivity index (χ2v) is 3.40. The van der Waals surface area contributed by atoms with E-state index < -0.39 is 16.9 Å². The first-order valence-electron chi connectivity index (χ1n) is 5.16. The fourth-order valence-corrected chi connectivity index (χ4v) is 1.26. The van der Waals surface area contributed by atoms with Gasteiger partial charge >= 0.3 is 12.0 Å². The minimum Gasteiger partial charge on any atom is -0.421 e. The molecule has 1 unspecified atom stereocenters. The van der Waals surface area contributed by atoms with Crippen LogP contribution in [0.3, 0.4) is 0 Å². The number of benzene rings is 1. The van der Waals surface area contributed by atoms with E-state index in [1.54, 1.807) is 30.3 Å². The molecule has 5 nitrogen and oxygen atoms in total. The van der Waals surface area contributed by atoms with Gasteiger partial charge in [0.1, 0.15) is 5.75 Å². The lowest BCUT2D eigenvalue weighted by atomic mass is 10.1. The average molecular weight is 235 g/mol. The maximum Gasteiger partial charge on any atom is 0.387 e. The first-order chi connectivity index (χ1) is 8.15. The van der Waals surface area contributed by atoms with Crippen LogP contribution in [0.1, 0.15) is 12.8 Å². The molecule has 0 saturated carbocycles. The fourth-order valence-electron chi connectivity index (χ4n) is 1.26. The molecule has 1 aromatic rings. The molecule has 0 aromatic heterocycles. The number of esters is 1. The van der Waals surface area contributed by atoms with Crippen LogP contribution in [0, 0.1) is 10.1 Å². The summed E-state index contributed by atoms with van der Waals surface area (Å²) in [4.78, 5) is 21.6. The summed E-state index contributed by atoms with van der Waals surface area (Å²) in [6, 6.07) is 6.94. The van der Waals surface area contributed by atoms with Crippen molar-refractivity contribution in [1.29, 1.82) is 0 Å². The van der Waals surface area contributed by atoms with Crippen LogP contribution >= 0.6 is 0 Å². The maximum absolute atomic E-state index is 11.6. The molecule has 1 rings (SSSR count). The monoisotopic (exact) mass is 235 g/mol. The summed E-state index contributed by atoms with van der Waals surface area (Å²) in [6.45, 7) is 3.46. The number of carbonyl (C=O) groups is 1. The number of hydrogen-bond donors (Lipinski definition) is 0. The summed E-state index contributed by atoms with van der Waals surface area (Å²) < 4.78 is 4.92. The van der Waals surface area contributed by atoms with Crippen molar-refractivity contribution >= 4 is 5.97 Å². The van der Waals surface area contributed by atoms with Crippen LogP contribution in [-0.4, -0.2) is 16.9 Å². The van der Waals surface area contributed by atoms with Gasteiger partial charge in [0.2, 0.25) is 0 Å². The van der Waals surface area contributed by atoms with Gasteiger partial charge < -0.3 is 4.74 Å². The van der Waals surface area contributed by atoms with Crippen LogP contribution in [0.25, 0.3) is 0 Å². The zero-order valence-electron chi connectivity index (χ0n) is 9.24. The Morgan fingerprint density at radius 1 is 1.47 bits per heavy atom. The Hall–Kier alpha value is -2.17. The second-order valence-electron chi connectivity index (χ2n) is 3.40. The van der Waals surface area contributed by atoms with Crippen molar-refractivity contribution in [3.63, 3.8) is 0 Å². The van der Waals surface area contributed by atoms with E-state index in [4.69, 9.17) is 4.74 Å². The summed E-state index contributed by atoms with van der Waals surface area (Å²) in [7, 11) is 0. The van der Waals surface area contributed by atoms with E-state index in [2.05, 4.69) is 6.58 Å². The molecule has 17 heavy (non-hydrogen) atoms. The van der Waals surface area contributed by atoms with Gasteiger partial charge in [0, 0.05) is 11.3 Å². The van der Waals surface area contributed by atoms with Crippen LogP contribution in [0.4, 0.5) is 0 Å². The predicted octanol–water partition coefficient (Wildman–Crippen LogP) is 2.20. The lowest BCUT2D eigenvalue weighted by Gasteiger charge is -2.08. The Kier molecular flexibility index (Phi) is 4.87. The van der Waals surface area contributed by atoms with Gasteiger partial charge in [-0.2, -0.15) is 0 Å². The number of nitro groups is 1. The number of rotatable bonds is 6. The molecule has 5 heteroatoms. The van der Waals surface area contributed by atoms with Crippen molar-refractivity contribution in [3.8, 4) is 5.75 Å². The molecule has 0 N–H and O–H groups in total. The van der Waals surface area contributed by atoms with Crippen LogP contribution in [0.2, 0.25) is 0 Å². The smallest absolute Gasteiger partial charge is 0.387 e. The Bertz CT molecular complexity index is 402. The number of hydrogen-bond acceptors (Lipinski definition) is 4. The maximum atomic E-state index is 11.6. The largest absolute Gasteiger partial charge is 0.421 e. The van der Waals surface area contributed by atoms with Crippen molar-refractivity contribution in [2.45, 2.75) is 18.9 Å². The summed E-state index contributed by atoms with van der Waals surface area (Å²) in [5.41, 5.74) is 0. The standard InChI is InChI=1S/C12H13NO4/c1-2-3-9-11(13(15)16)12(14)17-10-7-5-4-6-8-10/h2,4-8,11H,1,3,9H2. The molecule has 1 atom stereocenters. The highest BCUT2D eigenvalue weighted by molar-refractivity contribution is 5.76. The topological polar surface area (TPSA) is 69.4 Å². The van der Waals surface area contributed by atoms with Gasteiger partial charge in [0.05, 0.1) is 0 Å². The quantitative estimate of drug-likeness (QED) is 0.249. The first kappa shape index (κ1) is 12.9. The summed E-state index contributed by atoms with van der Waals surface area (Å²) in [5.74, 6) is -0.536. The first-order valence-corrected chi connectivity index (χ1v) is 5.16. The molecule has 0 aliphatic carbocycles. The minimum atomic E-state index is -1.34. The van der Waals surface area contributed by atoms with E-state index in [1.807, 2.05) is 0 Å². The lowest BCUT2D eigenvalue weighted by Crippen LogP contribution is -2.33. The Morgan fingerprint density at radius 3 is 2.65 bits per heavy atom. The number of nitrogens with zero attached hydrogens (tertiary/aromatic N) is 1. The van der Waals surface area contributed by atoms with Crippen LogP contribution in [0.15, 0.2) is 43.0 Å². The molecule has 90 valence electrons. The number of carbonyl (C=O) groups excluding carboxylic acids is 1. The van der Waals surface area contributed by atoms with E-state index in [-0.39, 0.29) is 6.42 Å². The fraction of sp³-hybridized carbons (Fsp3) is 0.250. The van der Waals surface area contributed by atoms with Crippen LogP contribution in [-0.2, 0) is 4.79 Å². The van der Waals surface area contributed by atoms with E-state index in [1.165, 1.54) is 6.08 Å². The summed E-state index contributed by atoms with van der Waals surface area (Å²) in [6.07, 6.45) is 2.03. The molecule has 0 spiro atoms. The molecule has 0 saturated heterocycles. The van der Waals surface area contributed by atoms with Gasteiger partial charge in [-0.3, -0.25) is 10.1 Å². The van der Waals surface area contributed by atoms with Gasteiger partial charge in [0.25, 0.3) is 0 Å². The molecular weight excluding hydrogens is 222 g/mol.